The van der Waals surface area contributed by atoms with E-state index in [1.165, 1.54) is 18.9 Å². The fourth-order valence-corrected chi connectivity index (χ4v) is 2.02. The Hall–Kier alpha value is -0.120. The van der Waals surface area contributed by atoms with Gasteiger partial charge in [-0.25, -0.2) is 4.39 Å². The third kappa shape index (κ3) is 2.27. The van der Waals surface area contributed by atoms with Gasteiger partial charge in [-0.15, -0.1) is 12.4 Å². The van der Waals surface area contributed by atoms with E-state index in [1.807, 2.05) is 6.07 Å². The zero-order valence-electron chi connectivity index (χ0n) is 7.54. The molecular weight excluding hydrogens is 268 g/mol. The highest BCUT2D eigenvalue weighted by atomic mass is 79.9. The molecule has 0 saturated heterocycles. The average Bonchev–Trinajstić information content (AvgIpc) is 2.91. The van der Waals surface area contributed by atoms with Crippen LogP contribution >= 0.6 is 28.3 Å². The van der Waals surface area contributed by atoms with E-state index < -0.39 is 0 Å². The van der Waals surface area contributed by atoms with E-state index in [9.17, 15) is 4.39 Å². The van der Waals surface area contributed by atoms with Crippen LogP contribution in [-0.2, 0) is 0 Å². The van der Waals surface area contributed by atoms with Gasteiger partial charge in [0.2, 0.25) is 0 Å². The van der Waals surface area contributed by atoms with E-state index in [0.717, 1.165) is 5.56 Å². The van der Waals surface area contributed by atoms with Crippen LogP contribution in [0.15, 0.2) is 22.7 Å². The molecule has 1 atom stereocenters. The highest BCUT2D eigenvalue weighted by Crippen LogP contribution is 2.41. The Labute approximate surface area is 97.4 Å². The molecular formula is C10H12BrClFN. The smallest absolute Gasteiger partial charge is 0.137 e. The molecule has 1 fully saturated rings. The van der Waals surface area contributed by atoms with Gasteiger partial charge in [-0.05, 0) is 46.3 Å². The molecule has 0 amide bonds. The van der Waals surface area contributed by atoms with E-state index in [-0.39, 0.29) is 24.3 Å². The Morgan fingerprint density at radius 3 is 2.64 bits per heavy atom. The van der Waals surface area contributed by atoms with Gasteiger partial charge >= 0.3 is 0 Å². The number of nitrogens with two attached hydrogens (primary N) is 1. The molecule has 0 aromatic heterocycles. The van der Waals surface area contributed by atoms with Crippen LogP contribution < -0.4 is 5.73 Å². The molecule has 78 valence electrons. The first-order chi connectivity index (χ1) is 6.20. The van der Waals surface area contributed by atoms with E-state index in [1.54, 1.807) is 6.07 Å². The molecule has 1 nitrogen and oxygen atoms in total. The Morgan fingerprint density at radius 1 is 1.43 bits per heavy atom. The molecule has 1 aromatic rings. The number of rotatable bonds is 2. The van der Waals surface area contributed by atoms with Crippen LogP contribution in [0.1, 0.15) is 24.4 Å². The summed E-state index contributed by atoms with van der Waals surface area (Å²) in [5.41, 5.74) is 6.86. The van der Waals surface area contributed by atoms with E-state index in [4.69, 9.17) is 5.73 Å². The lowest BCUT2D eigenvalue weighted by molar-refractivity contribution is 0.593. The van der Waals surface area contributed by atoms with Crippen molar-refractivity contribution in [2.75, 3.05) is 0 Å². The predicted octanol–water partition coefficient (Wildman–Crippen LogP) is 3.42. The van der Waals surface area contributed by atoms with Gasteiger partial charge in [0.15, 0.2) is 0 Å². The van der Waals surface area contributed by atoms with Crippen LogP contribution in [-0.4, -0.2) is 0 Å². The number of hydrogen-bond donors (Lipinski definition) is 1. The van der Waals surface area contributed by atoms with Crippen LogP contribution in [0.4, 0.5) is 4.39 Å². The Kier molecular flexibility index (Phi) is 3.93. The normalized spacial score (nSPS) is 17.4. The number of benzene rings is 1. The largest absolute Gasteiger partial charge is 0.324 e. The molecule has 0 aliphatic heterocycles. The first kappa shape index (κ1) is 12.0. The van der Waals surface area contributed by atoms with Crippen LogP contribution in [0, 0.1) is 11.7 Å². The molecule has 0 bridgehead atoms. The maximum Gasteiger partial charge on any atom is 0.137 e. The van der Waals surface area contributed by atoms with Gasteiger partial charge in [0, 0.05) is 6.04 Å². The van der Waals surface area contributed by atoms with Crippen molar-refractivity contribution in [3.8, 4) is 0 Å². The first-order valence-electron chi connectivity index (χ1n) is 4.39. The van der Waals surface area contributed by atoms with Gasteiger partial charge in [-0.3, -0.25) is 0 Å². The Morgan fingerprint density at radius 2 is 2.07 bits per heavy atom. The molecule has 1 saturated carbocycles. The maximum atomic E-state index is 13.1. The summed E-state index contributed by atoms with van der Waals surface area (Å²) in [6, 6.07) is 5.02. The molecule has 0 spiro atoms. The second-order valence-corrected chi connectivity index (χ2v) is 4.30. The highest BCUT2D eigenvalue weighted by molar-refractivity contribution is 9.10. The molecule has 4 heteroatoms. The van der Waals surface area contributed by atoms with Crippen molar-refractivity contribution in [3.63, 3.8) is 0 Å². The predicted molar refractivity (Wildman–Crippen MR) is 61.0 cm³/mol. The second-order valence-electron chi connectivity index (χ2n) is 3.51. The molecule has 2 N–H and O–H groups in total. The van der Waals surface area contributed by atoms with E-state index in [2.05, 4.69) is 15.9 Å². The van der Waals surface area contributed by atoms with E-state index in [0.29, 0.717) is 10.4 Å². The zero-order chi connectivity index (χ0) is 9.42. The molecule has 14 heavy (non-hydrogen) atoms. The fraction of sp³-hybridized carbons (Fsp3) is 0.400. The molecule has 1 aromatic carbocycles. The van der Waals surface area contributed by atoms with Crippen LogP contribution in [0.25, 0.3) is 0 Å². The SMILES string of the molecule is Cl.N[C@@H](c1cccc(F)c1Br)C1CC1. The van der Waals surface area contributed by atoms with Gasteiger partial charge in [-0.2, -0.15) is 0 Å². The van der Waals surface area contributed by atoms with Crippen molar-refractivity contribution < 1.29 is 4.39 Å². The number of halogens is 3. The van der Waals surface area contributed by atoms with Gasteiger partial charge < -0.3 is 5.73 Å². The van der Waals surface area contributed by atoms with Crippen molar-refractivity contribution in [3.05, 3.63) is 34.1 Å². The summed E-state index contributed by atoms with van der Waals surface area (Å²) < 4.78 is 13.6. The maximum absolute atomic E-state index is 13.1. The molecule has 2 rings (SSSR count). The fourth-order valence-electron chi connectivity index (χ4n) is 1.49. The monoisotopic (exact) mass is 279 g/mol. The summed E-state index contributed by atoms with van der Waals surface area (Å²) in [5, 5.41) is 0. The van der Waals surface area contributed by atoms with Gasteiger partial charge in [0.25, 0.3) is 0 Å². The summed E-state index contributed by atoms with van der Waals surface area (Å²) in [4.78, 5) is 0. The zero-order valence-corrected chi connectivity index (χ0v) is 9.94. The quantitative estimate of drug-likeness (QED) is 0.882. The van der Waals surface area contributed by atoms with Crippen molar-refractivity contribution in [2.45, 2.75) is 18.9 Å². The molecule has 0 unspecified atom stereocenters. The van der Waals surface area contributed by atoms with Crippen molar-refractivity contribution in [2.24, 2.45) is 11.7 Å². The summed E-state index contributed by atoms with van der Waals surface area (Å²) in [5.74, 6) is 0.326. The second kappa shape index (κ2) is 4.60. The first-order valence-corrected chi connectivity index (χ1v) is 5.19. The third-order valence-electron chi connectivity index (χ3n) is 2.47. The Balaban J connectivity index is 0.000000980. The standard InChI is InChI=1S/C10H11BrFN.ClH/c11-9-7(2-1-3-8(9)12)10(13)6-4-5-6;/h1-3,6,10H,4-5,13H2;1H/t10-;/m1./s1. The van der Waals surface area contributed by atoms with Crippen LogP contribution in [0.5, 0.6) is 0 Å². The summed E-state index contributed by atoms with van der Waals surface area (Å²) in [6.07, 6.45) is 2.34. The van der Waals surface area contributed by atoms with Crippen LogP contribution in [0.3, 0.4) is 0 Å². The van der Waals surface area contributed by atoms with Crippen molar-refractivity contribution >= 4 is 28.3 Å². The lowest BCUT2D eigenvalue weighted by Crippen LogP contribution is -2.13. The van der Waals surface area contributed by atoms with Crippen molar-refractivity contribution in [1.82, 2.24) is 0 Å². The minimum atomic E-state index is -0.228. The number of hydrogen-bond acceptors (Lipinski definition) is 1. The van der Waals surface area contributed by atoms with Crippen molar-refractivity contribution in [1.29, 1.82) is 0 Å². The van der Waals surface area contributed by atoms with Gasteiger partial charge in [0.1, 0.15) is 5.82 Å². The molecule has 1 aliphatic rings. The average molecular weight is 281 g/mol. The highest BCUT2D eigenvalue weighted by Gasteiger charge is 2.30. The summed E-state index contributed by atoms with van der Waals surface area (Å²) >= 11 is 3.22. The van der Waals surface area contributed by atoms with Crippen LogP contribution in [0.2, 0.25) is 0 Å². The minimum Gasteiger partial charge on any atom is -0.324 e. The van der Waals surface area contributed by atoms with Gasteiger partial charge in [-0.1, -0.05) is 12.1 Å². The van der Waals surface area contributed by atoms with Gasteiger partial charge in [0.05, 0.1) is 4.47 Å². The summed E-state index contributed by atoms with van der Waals surface area (Å²) in [7, 11) is 0. The molecule has 0 heterocycles. The summed E-state index contributed by atoms with van der Waals surface area (Å²) in [6.45, 7) is 0. The lowest BCUT2D eigenvalue weighted by atomic mass is 10.0. The third-order valence-corrected chi connectivity index (χ3v) is 3.31. The Bertz CT molecular complexity index is 328. The molecule has 0 radical (unpaired) electrons. The lowest BCUT2D eigenvalue weighted by Gasteiger charge is -2.12. The minimum absolute atomic E-state index is 0. The van der Waals surface area contributed by atoms with E-state index >= 15 is 0 Å². The topological polar surface area (TPSA) is 26.0 Å². The molecule has 1 aliphatic carbocycles.